The second kappa shape index (κ2) is 7.09. The van der Waals surface area contributed by atoms with Gasteiger partial charge in [-0.2, -0.15) is 0 Å². The Hall–Kier alpha value is -1.07. The molecule has 1 aromatic rings. The Bertz CT molecular complexity index is 459. The van der Waals surface area contributed by atoms with E-state index in [-0.39, 0.29) is 5.91 Å². The molecule has 20 heavy (non-hydrogen) atoms. The van der Waals surface area contributed by atoms with Crippen molar-refractivity contribution >= 4 is 21.8 Å². The fourth-order valence-corrected chi connectivity index (χ4v) is 2.81. The van der Waals surface area contributed by atoms with E-state index in [1.807, 2.05) is 43.1 Å². The monoisotopic (exact) mass is 340 g/mol. The van der Waals surface area contributed by atoms with E-state index in [0.717, 1.165) is 30.4 Å². The highest BCUT2D eigenvalue weighted by molar-refractivity contribution is 9.10. The predicted octanol–water partition coefficient (Wildman–Crippen LogP) is 2.43. The normalized spacial score (nSPS) is 17.9. The molecule has 1 amide bonds. The Morgan fingerprint density at radius 2 is 2.05 bits per heavy atom. The molecule has 110 valence electrons. The van der Waals surface area contributed by atoms with E-state index in [4.69, 9.17) is 4.74 Å². The van der Waals surface area contributed by atoms with Crippen molar-refractivity contribution in [2.75, 3.05) is 20.1 Å². The fourth-order valence-electron chi connectivity index (χ4n) is 2.43. The summed E-state index contributed by atoms with van der Waals surface area (Å²) in [5, 5.41) is 3.26. The van der Waals surface area contributed by atoms with Crippen molar-refractivity contribution in [3.05, 3.63) is 28.7 Å². The molecule has 1 fully saturated rings. The van der Waals surface area contributed by atoms with Crippen molar-refractivity contribution in [1.82, 2.24) is 10.2 Å². The van der Waals surface area contributed by atoms with E-state index in [0.29, 0.717) is 11.8 Å². The van der Waals surface area contributed by atoms with Crippen molar-refractivity contribution in [2.45, 2.75) is 31.9 Å². The number of amides is 1. The number of hydrogen-bond donors (Lipinski definition) is 1. The van der Waals surface area contributed by atoms with Crippen molar-refractivity contribution in [3.63, 3.8) is 0 Å². The lowest BCUT2D eigenvalue weighted by Crippen LogP contribution is -2.48. The molecule has 0 aliphatic carbocycles. The third kappa shape index (κ3) is 3.73. The van der Waals surface area contributed by atoms with Gasteiger partial charge >= 0.3 is 0 Å². The number of halogens is 1. The number of carbonyl (C=O) groups is 1. The third-order valence-electron chi connectivity index (χ3n) is 3.70. The Morgan fingerprint density at radius 3 is 2.65 bits per heavy atom. The van der Waals surface area contributed by atoms with Crippen LogP contribution in [0.4, 0.5) is 0 Å². The van der Waals surface area contributed by atoms with E-state index in [1.54, 1.807) is 0 Å². The Balaban J connectivity index is 1.91. The number of piperidine rings is 1. The maximum atomic E-state index is 12.4. The van der Waals surface area contributed by atoms with Gasteiger partial charge in [-0.3, -0.25) is 4.79 Å². The van der Waals surface area contributed by atoms with Gasteiger partial charge < -0.3 is 15.0 Å². The quantitative estimate of drug-likeness (QED) is 0.915. The molecule has 1 N–H and O–H groups in total. The van der Waals surface area contributed by atoms with Gasteiger partial charge in [-0.25, -0.2) is 0 Å². The molecule has 1 aliphatic heterocycles. The molecule has 0 aromatic heterocycles. The first-order valence-corrected chi connectivity index (χ1v) is 7.78. The summed E-state index contributed by atoms with van der Waals surface area (Å²) in [6.07, 6.45) is 1.55. The van der Waals surface area contributed by atoms with Gasteiger partial charge in [0.25, 0.3) is 5.91 Å². The minimum Gasteiger partial charge on any atom is -0.480 e. The summed E-state index contributed by atoms with van der Waals surface area (Å²) in [4.78, 5) is 14.3. The number of nitrogens with zero attached hydrogens (tertiary/aromatic N) is 1. The second-order valence-electron chi connectivity index (χ2n) is 5.08. The molecule has 0 spiro atoms. The highest BCUT2D eigenvalue weighted by atomic mass is 79.9. The van der Waals surface area contributed by atoms with Crippen LogP contribution in [0.2, 0.25) is 0 Å². The number of hydrogen-bond acceptors (Lipinski definition) is 3. The summed E-state index contributed by atoms with van der Waals surface area (Å²) in [6, 6.07) is 8.12. The zero-order valence-corrected chi connectivity index (χ0v) is 13.5. The highest BCUT2D eigenvalue weighted by Gasteiger charge is 2.26. The van der Waals surface area contributed by atoms with Crippen LogP contribution in [-0.4, -0.2) is 43.1 Å². The molecule has 0 radical (unpaired) electrons. The topological polar surface area (TPSA) is 41.6 Å². The number of likely N-dealkylation sites (tertiary alicyclic amines) is 1. The van der Waals surface area contributed by atoms with E-state index < -0.39 is 6.10 Å². The molecule has 1 aromatic carbocycles. The Labute approximate surface area is 128 Å². The number of carbonyl (C=O) groups excluding carboxylic acids is 1. The zero-order chi connectivity index (χ0) is 14.5. The van der Waals surface area contributed by atoms with Gasteiger partial charge in [0.05, 0.1) is 4.47 Å². The summed E-state index contributed by atoms with van der Waals surface area (Å²) < 4.78 is 6.63. The van der Waals surface area contributed by atoms with E-state index in [2.05, 4.69) is 21.2 Å². The van der Waals surface area contributed by atoms with Crippen LogP contribution in [0.3, 0.4) is 0 Å². The van der Waals surface area contributed by atoms with E-state index >= 15 is 0 Å². The van der Waals surface area contributed by atoms with Gasteiger partial charge in [-0.05, 0) is 54.9 Å². The molecule has 1 saturated heterocycles. The number of para-hydroxylation sites is 1. The highest BCUT2D eigenvalue weighted by Crippen LogP contribution is 2.25. The molecule has 0 saturated carbocycles. The standard InChI is InChI=1S/C15H21BrN2O2/c1-11(20-14-6-4-3-5-13(14)16)15(19)18-9-7-12(17-2)8-10-18/h3-6,11-12,17H,7-10H2,1-2H3. The van der Waals surface area contributed by atoms with Crippen LogP contribution in [0, 0.1) is 0 Å². The number of nitrogens with one attached hydrogen (secondary N) is 1. The van der Waals surface area contributed by atoms with E-state index in [9.17, 15) is 4.79 Å². The lowest BCUT2D eigenvalue weighted by Gasteiger charge is -2.33. The number of rotatable bonds is 4. The van der Waals surface area contributed by atoms with Gasteiger partial charge in [-0.15, -0.1) is 0 Å². The molecule has 1 aliphatic rings. The Morgan fingerprint density at radius 1 is 1.40 bits per heavy atom. The summed E-state index contributed by atoms with van der Waals surface area (Å²) in [6.45, 7) is 3.41. The van der Waals surface area contributed by atoms with Gasteiger partial charge in [0.15, 0.2) is 6.10 Å². The van der Waals surface area contributed by atoms with E-state index in [1.165, 1.54) is 0 Å². The van der Waals surface area contributed by atoms with Crippen LogP contribution in [0.25, 0.3) is 0 Å². The molecular formula is C15H21BrN2O2. The molecular weight excluding hydrogens is 320 g/mol. The molecule has 2 rings (SSSR count). The van der Waals surface area contributed by atoms with Crippen molar-refractivity contribution in [3.8, 4) is 5.75 Å². The van der Waals surface area contributed by atoms with Crippen molar-refractivity contribution in [1.29, 1.82) is 0 Å². The maximum absolute atomic E-state index is 12.4. The first-order chi connectivity index (χ1) is 9.61. The van der Waals surface area contributed by atoms with Crippen LogP contribution in [-0.2, 0) is 4.79 Å². The average molecular weight is 341 g/mol. The number of benzene rings is 1. The Kier molecular flexibility index (Phi) is 5.43. The molecule has 1 atom stereocenters. The second-order valence-corrected chi connectivity index (χ2v) is 5.93. The van der Waals surface area contributed by atoms with Gasteiger partial charge in [0.1, 0.15) is 5.75 Å². The molecule has 1 heterocycles. The SMILES string of the molecule is CNC1CCN(C(=O)C(C)Oc2ccccc2Br)CC1. The first-order valence-electron chi connectivity index (χ1n) is 6.99. The van der Waals surface area contributed by atoms with Gasteiger partial charge in [0.2, 0.25) is 0 Å². The minimum absolute atomic E-state index is 0.0651. The van der Waals surface area contributed by atoms with Crippen LogP contribution in [0.1, 0.15) is 19.8 Å². The summed E-state index contributed by atoms with van der Waals surface area (Å²) in [5.74, 6) is 0.772. The zero-order valence-electron chi connectivity index (χ0n) is 11.9. The molecule has 4 nitrogen and oxygen atoms in total. The minimum atomic E-state index is -0.458. The van der Waals surface area contributed by atoms with Crippen LogP contribution in [0.5, 0.6) is 5.75 Å². The van der Waals surface area contributed by atoms with Crippen molar-refractivity contribution in [2.24, 2.45) is 0 Å². The van der Waals surface area contributed by atoms with Crippen LogP contribution < -0.4 is 10.1 Å². The molecule has 5 heteroatoms. The largest absolute Gasteiger partial charge is 0.480 e. The predicted molar refractivity (Wildman–Crippen MR) is 82.9 cm³/mol. The summed E-state index contributed by atoms with van der Waals surface area (Å²) in [7, 11) is 1.97. The first kappa shape index (κ1) is 15.3. The van der Waals surface area contributed by atoms with Gasteiger partial charge in [0, 0.05) is 19.1 Å². The average Bonchev–Trinajstić information content (AvgIpc) is 2.49. The lowest BCUT2D eigenvalue weighted by atomic mass is 10.0. The number of ether oxygens (including phenoxy) is 1. The smallest absolute Gasteiger partial charge is 0.263 e. The van der Waals surface area contributed by atoms with Crippen LogP contribution in [0.15, 0.2) is 28.7 Å². The van der Waals surface area contributed by atoms with Crippen molar-refractivity contribution < 1.29 is 9.53 Å². The molecule has 0 bridgehead atoms. The van der Waals surface area contributed by atoms with Crippen LogP contribution >= 0.6 is 15.9 Å². The lowest BCUT2D eigenvalue weighted by molar-refractivity contribution is -0.139. The maximum Gasteiger partial charge on any atom is 0.263 e. The van der Waals surface area contributed by atoms with Gasteiger partial charge in [-0.1, -0.05) is 12.1 Å². The molecule has 1 unspecified atom stereocenters. The summed E-state index contributed by atoms with van der Waals surface area (Å²) >= 11 is 3.43. The summed E-state index contributed by atoms with van der Waals surface area (Å²) in [5.41, 5.74) is 0. The third-order valence-corrected chi connectivity index (χ3v) is 4.36. The fraction of sp³-hybridized carbons (Fsp3) is 0.533.